The monoisotopic (exact) mass is 274 g/mol. The van der Waals surface area contributed by atoms with Crippen LogP contribution in [0.4, 0.5) is 5.69 Å². The first-order valence-corrected chi connectivity index (χ1v) is 5.36. The van der Waals surface area contributed by atoms with Gasteiger partial charge in [0.05, 0.1) is 11.5 Å². The number of nitro groups is 1. The molecule has 0 saturated carbocycles. The minimum atomic E-state index is -0.818. The van der Waals surface area contributed by atoms with Crippen molar-refractivity contribution < 1.29 is 19.6 Å². The maximum atomic E-state index is 11.0. The van der Waals surface area contributed by atoms with Gasteiger partial charge in [-0.3, -0.25) is 14.9 Å². The van der Waals surface area contributed by atoms with Crippen molar-refractivity contribution in [1.29, 1.82) is 0 Å². The number of carbonyl (C=O) groups excluding carboxylic acids is 1. The molecule has 0 aromatic heterocycles. The molecule has 0 saturated heterocycles. The van der Waals surface area contributed by atoms with Crippen molar-refractivity contribution in [2.75, 3.05) is 13.2 Å². The molecular formula is C10H11ClN2O5. The van der Waals surface area contributed by atoms with Crippen LogP contribution in [-0.4, -0.2) is 29.2 Å². The van der Waals surface area contributed by atoms with Gasteiger partial charge in [-0.05, 0) is 6.07 Å². The first kappa shape index (κ1) is 14.2. The molecule has 0 radical (unpaired) electrons. The molecule has 1 aromatic rings. The van der Waals surface area contributed by atoms with Crippen LogP contribution in [-0.2, 0) is 0 Å². The molecule has 18 heavy (non-hydrogen) atoms. The van der Waals surface area contributed by atoms with Crippen LogP contribution in [0, 0.1) is 10.1 Å². The number of nitrogens with two attached hydrogens (primary N) is 1. The first-order valence-electron chi connectivity index (χ1n) is 4.98. The van der Waals surface area contributed by atoms with E-state index in [1.807, 2.05) is 0 Å². The molecule has 0 aliphatic rings. The molecule has 0 atom stereocenters. The maximum Gasteiger partial charge on any atom is 0.292 e. The molecule has 0 aliphatic carbocycles. The average Bonchev–Trinajstić information content (AvgIpc) is 2.30. The minimum Gasteiger partial charge on any atom is -0.492 e. The van der Waals surface area contributed by atoms with Gasteiger partial charge in [0.15, 0.2) is 5.02 Å². The van der Waals surface area contributed by atoms with Gasteiger partial charge in [0.1, 0.15) is 5.75 Å². The van der Waals surface area contributed by atoms with Crippen LogP contribution in [0.3, 0.4) is 0 Å². The third-order valence-electron chi connectivity index (χ3n) is 2.06. The van der Waals surface area contributed by atoms with E-state index in [0.29, 0.717) is 6.42 Å². The van der Waals surface area contributed by atoms with E-state index >= 15 is 0 Å². The van der Waals surface area contributed by atoms with E-state index < -0.39 is 16.5 Å². The summed E-state index contributed by atoms with van der Waals surface area (Å²) in [6, 6.07) is 2.22. The zero-order valence-corrected chi connectivity index (χ0v) is 10.0. The lowest BCUT2D eigenvalue weighted by molar-refractivity contribution is -0.384. The summed E-state index contributed by atoms with van der Waals surface area (Å²) in [4.78, 5) is 21.1. The molecular weight excluding hydrogens is 264 g/mol. The number of ether oxygens (including phenoxy) is 1. The van der Waals surface area contributed by atoms with E-state index in [1.54, 1.807) is 0 Å². The standard InChI is InChI=1S/C10H11ClN2O5/c11-9-7(13(16)17)4-6(10(12)15)5-8(9)18-3-1-2-14/h4-5,14H,1-3H2,(H2,12,15). The fourth-order valence-corrected chi connectivity index (χ4v) is 1.44. The number of nitrogens with zero attached hydrogens (tertiary/aromatic N) is 1. The number of benzene rings is 1. The third-order valence-corrected chi connectivity index (χ3v) is 2.44. The fraction of sp³-hybridized carbons (Fsp3) is 0.300. The number of rotatable bonds is 6. The molecule has 0 aliphatic heterocycles. The van der Waals surface area contributed by atoms with E-state index in [9.17, 15) is 14.9 Å². The molecule has 0 spiro atoms. The highest BCUT2D eigenvalue weighted by Gasteiger charge is 2.20. The molecule has 1 aromatic carbocycles. The molecule has 1 amide bonds. The normalized spacial score (nSPS) is 10.1. The van der Waals surface area contributed by atoms with Gasteiger partial charge in [-0.25, -0.2) is 0 Å². The molecule has 1 rings (SSSR count). The number of amides is 1. The van der Waals surface area contributed by atoms with Crippen LogP contribution >= 0.6 is 11.6 Å². The lowest BCUT2D eigenvalue weighted by Crippen LogP contribution is -2.12. The number of nitro benzene ring substituents is 1. The SMILES string of the molecule is NC(=O)c1cc(OCCCO)c(Cl)c([N+](=O)[O-])c1. The Kier molecular flexibility index (Phi) is 4.87. The van der Waals surface area contributed by atoms with E-state index in [2.05, 4.69) is 0 Å². The second-order valence-electron chi connectivity index (χ2n) is 3.35. The van der Waals surface area contributed by atoms with Crippen LogP contribution in [0.2, 0.25) is 5.02 Å². The summed E-state index contributed by atoms with van der Waals surface area (Å²) in [5, 5.41) is 19.2. The largest absolute Gasteiger partial charge is 0.492 e. The van der Waals surface area contributed by atoms with E-state index in [1.165, 1.54) is 6.07 Å². The Morgan fingerprint density at radius 1 is 1.56 bits per heavy atom. The van der Waals surface area contributed by atoms with Crippen LogP contribution < -0.4 is 10.5 Å². The van der Waals surface area contributed by atoms with Crippen molar-refractivity contribution in [1.82, 2.24) is 0 Å². The predicted octanol–water partition coefficient (Wildman–Crippen LogP) is 1.11. The van der Waals surface area contributed by atoms with Gasteiger partial charge in [-0.1, -0.05) is 11.6 Å². The van der Waals surface area contributed by atoms with Gasteiger partial charge in [-0.15, -0.1) is 0 Å². The van der Waals surface area contributed by atoms with Gasteiger partial charge < -0.3 is 15.6 Å². The summed E-state index contributed by atoms with van der Waals surface area (Å²) in [5.74, 6) is -0.824. The van der Waals surface area contributed by atoms with Crippen molar-refractivity contribution in [2.45, 2.75) is 6.42 Å². The van der Waals surface area contributed by atoms with Crippen molar-refractivity contribution in [3.63, 3.8) is 0 Å². The molecule has 0 heterocycles. The Balaban J connectivity index is 3.14. The Bertz CT molecular complexity index is 478. The van der Waals surface area contributed by atoms with Crippen molar-refractivity contribution >= 4 is 23.2 Å². The number of aliphatic hydroxyl groups excluding tert-OH is 1. The van der Waals surface area contributed by atoms with Gasteiger partial charge in [0, 0.05) is 24.7 Å². The lowest BCUT2D eigenvalue weighted by Gasteiger charge is -2.08. The molecule has 0 bridgehead atoms. The maximum absolute atomic E-state index is 11.0. The van der Waals surface area contributed by atoms with Crippen LogP contribution in [0.5, 0.6) is 5.75 Å². The Morgan fingerprint density at radius 2 is 2.22 bits per heavy atom. The predicted molar refractivity (Wildman–Crippen MR) is 63.8 cm³/mol. The summed E-state index contributed by atoms with van der Waals surface area (Å²) < 4.78 is 5.15. The summed E-state index contributed by atoms with van der Waals surface area (Å²) in [6.45, 7) is 0.0326. The summed E-state index contributed by atoms with van der Waals surface area (Å²) in [7, 11) is 0. The molecule has 7 nitrogen and oxygen atoms in total. The van der Waals surface area contributed by atoms with Crippen molar-refractivity contribution in [3.05, 3.63) is 32.8 Å². The molecule has 3 N–H and O–H groups in total. The number of halogens is 1. The van der Waals surface area contributed by atoms with Gasteiger partial charge in [-0.2, -0.15) is 0 Å². The third kappa shape index (κ3) is 3.31. The van der Waals surface area contributed by atoms with E-state index in [0.717, 1.165) is 6.07 Å². The summed E-state index contributed by atoms with van der Waals surface area (Å²) in [6.07, 6.45) is 0.338. The summed E-state index contributed by atoms with van der Waals surface area (Å²) >= 11 is 5.78. The molecule has 0 unspecified atom stereocenters. The topological polar surface area (TPSA) is 116 Å². The second kappa shape index (κ2) is 6.18. The van der Waals surface area contributed by atoms with Crippen LogP contribution in [0.1, 0.15) is 16.8 Å². The van der Waals surface area contributed by atoms with Crippen LogP contribution in [0.15, 0.2) is 12.1 Å². The lowest BCUT2D eigenvalue weighted by atomic mass is 10.2. The number of primary amides is 1. The van der Waals surface area contributed by atoms with Gasteiger partial charge in [0.2, 0.25) is 5.91 Å². The van der Waals surface area contributed by atoms with Crippen LogP contribution in [0.25, 0.3) is 0 Å². The number of aliphatic hydroxyl groups is 1. The number of hydrogen-bond acceptors (Lipinski definition) is 5. The number of carbonyl (C=O) groups is 1. The first-order chi connectivity index (χ1) is 8.47. The quantitative estimate of drug-likeness (QED) is 0.458. The molecule has 0 fully saturated rings. The van der Waals surface area contributed by atoms with Gasteiger partial charge in [0.25, 0.3) is 5.69 Å². The Labute approximate surface area is 107 Å². The average molecular weight is 275 g/mol. The fourth-order valence-electron chi connectivity index (χ4n) is 1.21. The second-order valence-corrected chi connectivity index (χ2v) is 3.73. The zero-order valence-electron chi connectivity index (χ0n) is 9.26. The molecule has 8 heteroatoms. The Hall–Kier alpha value is -1.86. The highest BCUT2D eigenvalue weighted by molar-refractivity contribution is 6.34. The highest BCUT2D eigenvalue weighted by atomic mass is 35.5. The Morgan fingerprint density at radius 3 is 2.72 bits per heavy atom. The minimum absolute atomic E-state index is 0.00637. The summed E-state index contributed by atoms with van der Waals surface area (Å²) in [5.41, 5.74) is 4.54. The van der Waals surface area contributed by atoms with Crippen molar-refractivity contribution in [3.8, 4) is 5.75 Å². The number of hydrogen-bond donors (Lipinski definition) is 2. The van der Waals surface area contributed by atoms with E-state index in [4.69, 9.17) is 27.2 Å². The van der Waals surface area contributed by atoms with Gasteiger partial charge >= 0.3 is 0 Å². The highest BCUT2D eigenvalue weighted by Crippen LogP contribution is 2.35. The van der Waals surface area contributed by atoms with E-state index in [-0.39, 0.29) is 29.5 Å². The molecule has 98 valence electrons. The van der Waals surface area contributed by atoms with Crippen molar-refractivity contribution in [2.24, 2.45) is 5.73 Å². The zero-order chi connectivity index (χ0) is 13.7. The smallest absolute Gasteiger partial charge is 0.292 e.